The van der Waals surface area contributed by atoms with Crippen molar-refractivity contribution in [2.24, 2.45) is 4.99 Å². The molecule has 0 bridgehead atoms. The second-order valence-corrected chi connectivity index (χ2v) is 12.3. The van der Waals surface area contributed by atoms with Crippen molar-refractivity contribution in [3.05, 3.63) is 30.2 Å². The van der Waals surface area contributed by atoms with Crippen LogP contribution >= 0.6 is 0 Å². The number of carbonyl (C=O) groups excluding carboxylic acids is 1. The molecule has 6 nitrogen and oxygen atoms in total. The first-order chi connectivity index (χ1) is 21.8. The van der Waals surface area contributed by atoms with Crippen LogP contribution in [0.5, 0.6) is 5.75 Å². The Morgan fingerprint density at radius 3 is 1.61 bits per heavy atom. The van der Waals surface area contributed by atoms with Gasteiger partial charge in [-0.25, -0.2) is 4.99 Å². The molecule has 0 atom stereocenters. The molecule has 0 spiro atoms. The van der Waals surface area contributed by atoms with Gasteiger partial charge in [-0.05, 0) is 25.0 Å². The largest absolute Gasteiger partial charge is 1.00 e. The van der Waals surface area contributed by atoms with E-state index in [2.05, 4.69) is 23.7 Å². The zero-order valence-corrected chi connectivity index (χ0v) is 32.2. The van der Waals surface area contributed by atoms with Gasteiger partial charge >= 0.3 is 57.6 Å². The molecule has 1 aliphatic rings. The topological polar surface area (TPSA) is 68.2 Å². The summed E-state index contributed by atoms with van der Waals surface area (Å²) in [4.78, 5) is 18.7. The Kier molecular flexibility index (Phi) is 23.3. The molecule has 0 saturated heterocycles. The number of halogens is 3. The van der Waals surface area contributed by atoms with Crippen LogP contribution in [0.4, 0.5) is 24.5 Å². The van der Waals surface area contributed by atoms with Crippen molar-refractivity contribution < 1.29 is 79.2 Å². The SMILES string of the molecule is CCCCCCCCCCCCN(CCCCCCCCCCCC)c1ccc(N2C(=O)/C(=C\[O-])N=C2C(F)(F)F)c(OC)c1.[K+]. The Hall–Kier alpha value is -1.07. The van der Waals surface area contributed by atoms with Crippen LogP contribution in [0, 0.1) is 0 Å². The number of aliphatic imine (C=N–C) groups is 1. The minimum atomic E-state index is -4.92. The van der Waals surface area contributed by atoms with Gasteiger partial charge in [0.1, 0.15) is 11.4 Å². The third-order valence-electron chi connectivity index (χ3n) is 8.56. The molecule has 0 fully saturated rings. The Morgan fingerprint density at radius 1 is 0.783 bits per heavy atom. The fraction of sp³-hybridized carbons (Fsp3) is 0.722. The number of methoxy groups -OCH3 is 1. The molecule has 10 heteroatoms. The average molecular weight is 676 g/mol. The van der Waals surface area contributed by atoms with Crippen LogP contribution < -0.4 is 71.0 Å². The molecule has 256 valence electrons. The molecule has 1 aliphatic heterocycles. The van der Waals surface area contributed by atoms with E-state index in [1.807, 2.05) is 0 Å². The van der Waals surface area contributed by atoms with Crippen molar-refractivity contribution in [1.29, 1.82) is 0 Å². The van der Waals surface area contributed by atoms with Gasteiger partial charge in [-0.3, -0.25) is 9.69 Å². The molecule has 2 rings (SSSR count). The van der Waals surface area contributed by atoms with E-state index >= 15 is 0 Å². The zero-order valence-electron chi connectivity index (χ0n) is 29.1. The second-order valence-electron chi connectivity index (χ2n) is 12.3. The molecule has 0 N–H and O–H groups in total. The van der Waals surface area contributed by atoms with Crippen molar-refractivity contribution in [1.82, 2.24) is 0 Å². The van der Waals surface area contributed by atoms with E-state index in [9.17, 15) is 23.1 Å². The van der Waals surface area contributed by atoms with Crippen molar-refractivity contribution in [2.75, 3.05) is 30.0 Å². The minimum absolute atomic E-state index is 0. The predicted molar refractivity (Wildman–Crippen MR) is 178 cm³/mol. The number of ether oxygens (including phenoxy) is 1. The van der Waals surface area contributed by atoms with Gasteiger partial charge < -0.3 is 14.7 Å². The molecule has 0 aromatic heterocycles. The van der Waals surface area contributed by atoms with Crippen LogP contribution in [0.3, 0.4) is 0 Å². The number of nitrogens with zero attached hydrogens (tertiary/aromatic N) is 3. The molecule has 0 saturated carbocycles. The van der Waals surface area contributed by atoms with Crippen LogP contribution in [-0.4, -0.2) is 38.1 Å². The summed E-state index contributed by atoms with van der Waals surface area (Å²) < 4.78 is 46.8. The van der Waals surface area contributed by atoms with E-state index in [1.54, 1.807) is 12.1 Å². The van der Waals surface area contributed by atoms with E-state index in [4.69, 9.17) is 4.74 Å². The molecular weight excluding hydrogens is 619 g/mol. The number of amides is 1. The number of hydrogen-bond donors (Lipinski definition) is 0. The minimum Gasteiger partial charge on any atom is -0.876 e. The Morgan fingerprint density at radius 2 is 1.22 bits per heavy atom. The summed E-state index contributed by atoms with van der Waals surface area (Å²) in [6.45, 7) is 6.16. The van der Waals surface area contributed by atoms with Crippen LogP contribution in [0.1, 0.15) is 142 Å². The Bertz CT molecular complexity index is 1030. The zero-order chi connectivity index (χ0) is 32.9. The van der Waals surface area contributed by atoms with Crippen LogP contribution in [0.2, 0.25) is 0 Å². The summed E-state index contributed by atoms with van der Waals surface area (Å²) in [6, 6.07) is 4.90. The van der Waals surface area contributed by atoms with Crippen LogP contribution in [-0.2, 0) is 4.79 Å². The predicted octanol–water partition coefficient (Wildman–Crippen LogP) is 6.86. The fourth-order valence-electron chi connectivity index (χ4n) is 5.91. The molecule has 1 aromatic carbocycles. The van der Waals surface area contributed by atoms with E-state index in [0.29, 0.717) is 4.90 Å². The van der Waals surface area contributed by atoms with Crippen molar-refractivity contribution in [2.45, 2.75) is 148 Å². The van der Waals surface area contributed by atoms with Gasteiger partial charge in [0.25, 0.3) is 5.91 Å². The molecular formula is C36H57F3KN3O3. The molecule has 0 aliphatic carbocycles. The van der Waals surface area contributed by atoms with Gasteiger partial charge in [0.15, 0.2) is 0 Å². The van der Waals surface area contributed by atoms with E-state index in [0.717, 1.165) is 44.5 Å². The molecule has 1 amide bonds. The number of benzene rings is 1. The summed E-state index contributed by atoms with van der Waals surface area (Å²) in [6.07, 6.45) is 20.1. The molecule has 46 heavy (non-hydrogen) atoms. The van der Waals surface area contributed by atoms with Gasteiger partial charge in [-0.1, -0.05) is 129 Å². The maximum atomic E-state index is 13.8. The number of hydrogen-bond acceptors (Lipinski definition) is 5. The van der Waals surface area contributed by atoms with Gasteiger partial charge in [0, 0.05) is 24.8 Å². The maximum Gasteiger partial charge on any atom is 1.00 e. The van der Waals surface area contributed by atoms with E-state index in [-0.39, 0.29) is 69.1 Å². The quantitative estimate of drug-likeness (QED) is 0.0492. The van der Waals surface area contributed by atoms with E-state index in [1.165, 1.54) is 116 Å². The monoisotopic (exact) mass is 675 g/mol. The summed E-state index contributed by atoms with van der Waals surface area (Å²) in [5.41, 5.74) is -0.0202. The summed E-state index contributed by atoms with van der Waals surface area (Å²) in [5.74, 6) is -2.43. The maximum absolute atomic E-state index is 13.8. The van der Waals surface area contributed by atoms with E-state index < -0.39 is 23.6 Å². The number of rotatable bonds is 25. The first-order valence-electron chi connectivity index (χ1n) is 17.5. The van der Waals surface area contributed by atoms with Crippen molar-refractivity contribution in [3.63, 3.8) is 0 Å². The third-order valence-corrected chi connectivity index (χ3v) is 8.56. The smallest absolute Gasteiger partial charge is 0.876 e. The first-order valence-corrected chi connectivity index (χ1v) is 17.5. The van der Waals surface area contributed by atoms with Gasteiger partial charge in [0.05, 0.1) is 12.8 Å². The number of anilines is 2. The van der Waals surface area contributed by atoms with Crippen molar-refractivity contribution in [3.8, 4) is 5.75 Å². The fourth-order valence-corrected chi connectivity index (χ4v) is 5.91. The standard InChI is InChI=1S/C36H58F3N3O3.K/c1-4-6-8-10-12-14-16-18-20-22-26-41(27-23-21-19-17-15-13-11-9-7-5-2)30-24-25-32(33(28-30)45-3)42-34(44)31(29-43)40-35(42)36(37,38)39;/h24-25,28-29,43H,4-23,26-27H2,1-3H3;/q;+1/p-1/b31-29+;. The third kappa shape index (κ3) is 15.4. The molecule has 1 heterocycles. The molecule has 1 aromatic rings. The van der Waals surface area contributed by atoms with Gasteiger partial charge in [-0.2, -0.15) is 13.2 Å². The Labute approximate surface area is 319 Å². The van der Waals surface area contributed by atoms with Gasteiger partial charge in [0.2, 0.25) is 5.84 Å². The van der Waals surface area contributed by atoms with Crippen LogP contribution in [0.15, 0.2) is 35.2 Å². The summed E-state index contributed by atoms with van der Waals surface area (Å²) in [7, 11) is 1.37. The molecule has 0 unspecified atom stereocenters. The number of carbonyl (C=O) groups is 1. The summed E-state index contributed by atoms with van der Waals surface area (Å²) >= 11 is 0. The number of alkyl halides is 3. The number of unbranched alkanes of at least 4 members (excludes halogenated alkanes) is 18. The second kappa shape index (κ2) is 25.0. The Balaban J connectivity index is 0.0000106. The normalized spacial score (nSPS) is 14.1. The molecule has 0 radical (unpaired) electrons. The first kappa shape index (κ1) is 42.9. The van der Waals surface area contributed by atoms with Crippen LogP contribution in [0.25, 0.3) is 0 Å². The number of amidine groups is 1. The van der Waals surface area contributed by atoms with Gasteiger partial charge in [-0.15, -0.1) is 6.26 Å². The summed E-state index contributed by atoms with van der Waals surface area (Å²) in [5, 5.41) is 11.2. The average Bonchev–Trinajstić information content (AvgIpc) is 3.37. The van der Waals surface area contributed by atoms with Crippen molar-refractivity contribution >= 4 is 23.1 Å².